The maximum Gasteiger partial charge on any atom is 0.224 e. The van der Waals surface area contributed by atoms with Crippen LogP contribution in [-0.2, 0) is 7.05 Å². The molecule has 0 unspecified atom stereocenters. The summed E-state index contributed by atoms with van der Waals surface area (Å²) in [4.78, 5) is 8.15. The van der Waals surface area contributed by atoms with E-state index in [1.54, 1.807) is 24.0 Å². The second-order valence-corrected chi connectivity index (χ2v) is 4.79. The molecule has 0 aliphatic carbocycles. The Morgan fingerprint density at radius 3 is 2.59 bits per heavy atom. The summed E-state index contributed by atoms with van der Waals surface area (Å²) in [5.74, 6) is -1.43. The number of benzene rings is 1. The molecule has 7 heteroatoms. The van der Waals surface area contributed by atoms with Crippen LogP contribution in [0, 0.1) is 11.6 Å². The number of aromatic nitrogens is 3. The maximum atomic E-state index is 13.3. The maximum absolute atomic E-state index is 13.3. The zero-order valence-electron chi connectivity index (χ0n) is 12.0. The van der Waals surface area contributed by atoms with Gasteiger partial charge in [-0.05, 0) is 19.1 Å². The Hall–Kier alpha value is -2.83. The predicted octanol–water partition coefficient (Wildman–Crippen LogP) is 3.08. The number of hydrogen-bond acceptors (Lipinski definition) is 4. The van der Waals surface area contributed by atoms with Gasteiger partial charge in [0, 0.05) is 37.1 Å². The van der Waals surface area contributed by atoms with Gasteiger partial charge in [-0.15, -0.1) is 0 Å². The van der Waals surface area contributed by atoms with Gasteiger partial charge in [0.15, 0.2) is 11.6 Å². The summed E-state index contributed by atoms with van der Waals surface area (Å²) in [6.07, 6.45) is 3.35. The molecule has 0 bridgehead atoms. The number of nitrogens with zero attached hydrogens (tertiary/aromatic N) is 4. The number of rotatable bonds is 3. The molecule has 2 heterocycles. The molecule has 3 rings (SSSR count). The first kappa shape index (κ1) is 14.1. The molecule has 112 valence electrons. The number of hydrogen-bond donors (Lipinski definition) is 1. The standard InChI is InChI=1S/C15H13F2N5/c1-9(10-3-5-18-6-4-10)20-21-15-19-13-7-11(16)12(17)8-14(13)22(15)2/h3-8H,1-2H3,(H,19,21)/b20-9+. The fraction of sp³-hybridized carbons (Fsp3) is 0.133. The van der Waals surface area contributed by atoms with E-state index < -0.39 is 11.6 Å². The van der Waals surface area contributed by atoms with Gasteiger partial charge < -0.3 is 4.57 Å². The van der Waals surface area contributed by atoms with Gasteiger partial charge in [0.1, 0.15) is 0 Å². The van der Waals surface area contributed by atoms with Crippen LogP contribution in [0.4, 0.5) is 14.7 Å². The van der Waals surface area contributed by atoms with Crippen molar-refractivity contribution in [1.29, 1.82) is 0 Å². The molecule has 1 aromatic carbocycles. The lowest BCUT2D eigenvalue weighted by Crippen LogP contribution is -2.03. The smallest absolute Gasteiger partial charge is 0.224 e. The van der Waals surface area contributed by atoms with Crippen LogP contribution in [0.25, 0.3) is 11.0 Å². The summed E-state index contributed by atoms with van der Waals surface area (Å²) in [6.45, 7) is 1.84. The summed E-state index contributed by atoms with van der Waals surface area (Å²) >= 11 is 0. The van der Waals surface area contributed by atoms with E-state index in [9.17, 15) is 8.78 Å². The predicted molar refractivity (Wildman–Crippen MR) is 80.7 cm³/mol. The summed E-state index contributed by atoms with van der Waals surface area (Å²) in [7, 11) is 1.70. The molecule has 0 spiro atoms. The first-order valence-electron chi connectivity index (χ1n) is 6.58. The SMILES string of the molecule is C/C(=N\Nc1nc2cc(F)c(F)cc2n1C)c1ccncc1. The Morgan fingerprint density at radius 2 is 1.86 bits per heavy atom. The van der Waals surface area contributed by atoms with Crippen LogP contribution in [0.1, 0.15) is 12.5 Å². The molecule has 0 aliphatic heterocycles. The third-order valence-corrected chi connectivity index (χ3v) is 3.34. The summed E-state index contributed by atoms with van der Waals surface area (Å²) in [5.41, 5.74) is 5.32. The lowest BCUT2D eigenvalue weighted by molar-refractivity contribution is 0.510. The number of anilines is 1. The average Bonchev–Trinajstić information content (AvgIpc) is 2.82. The van der Waals surface area contributed by atoms with E-state index in [-0.39, 0.29) is 0 Å². The van der Waals surface area contributed by atoms with E-state index in [0.29, 0.717) is 17.0 Å². The van der Waals surface area contributed by atoms with Gasteiger partial charge in [-0.2, -0.15) is 5.10 Å². The van der Waals surface area contributed by atoms with Gasteiger partial charge in [0.2, 0.25) is 5.95 Å². The number of halogens is 2. The lowest BCUT2D eigenvalue weighted by Gasteiger charge is -2.03. The Morgan fingerprint density at radius 1 is 1.18 bits per heavy atom. The van der Waals surface area contributed by atoms with Crippen molar-refractivity contribution in [2.24, 2.45) is 12.1 Å². The number of imidazole rings is 1. The molecule has 0 saturated heterocycles. The Labute approximate surface area is 125 Å². The molecular formula is C15H13F2N5. The topological polar surface area (TPSA) is 55.1 Å². The molecule has 2 aromatic heterocycles. The summed E-state index contributed by atoms with van der Waals surface area (Å²) < 4.78 is 28.2. The fourth-order valence-corrected chi connectivity index (χ4v) is 2.08. The van der Waals surface area contributed by atoms with E-state index in [1.807, 2.05) is 19.1 Å². The van der Waals surface area contributed by atoms with Crippen molar-refractivity contribution in [3.63, 3.8) is 0 Å². The lowest BCUT2D eigenvalue weighted by atomic mass is 10.2. The highest BCUT2D eigenvalue weighted by molar-refractivity contribution is 5.98. The number of aryl methyl sites for hydroxylation is 1. The minimum Gasteiger partial charge on any atom is -0.312 e. The van der Waals surface area contributed by atoms with Crippen molar-refractivity contribution in [2.75, 3.05) is 5.43 Å². The van der Waals surface area contributed by atoms with Crippen molar-refractivity contribution >= 4 is 22.7 Å². The molecule has 0 saturated carbocycles. The highest BCUT2D eigenvalue weighted by Gasteiger charge is 2.11. The Kier molecular flexibility index (Phi) is 3.54. The molecule has 0 aliphatic rings. The number of hydrazone groups is 1. The summed E-state index contributed by atoms with van der Waals surface area (Å²) in [5, 5.41) is 4.23. The minimum absolute atomic E-state index is 0.362. The van der Waals surface area contributed by atoms with Gasteiger partial charge in [0.25, 0.3) is 0 Å². The molecule has 22 heavy (non-hydrogen) atoms. The van der Waals surface area contributed by atoms with Crippen LogP contribution in [0.2, 0.25) is 0 Å². The van der Waals surface area contributed by atoms with Crippen LogP contribution in [0.15, 0.2) is 41.8 Å². The second-order valence-electron chi connectivity index (χ2n) is 4.79. The Balaban J connectivity index is 1.93. The van der Waals surface area contributed by atoms with E-state index in [2.05, 4.69) is 20.5 Å². The number of fused-ring (bicyclic) bond motifs is 1. The van der Waals surface area contributed by atoms with E-state index in [4.69, 9.17) is 0 Å². The van der Waals surface area contributed by atoms with Gasteiger partial charge in [-0.25, -0.2) is 19.2 Å². The molecule has 3 aromatic rings. The van der Waals surface area contributed by atoms with Crippen LogP contribution in [0.3, 0.4) is 0 Å². The molecule has 0 radical (unpaired) electrons. The number of nitrogens with one attached hydrogen (secondary N) is 1. The molecule has 1 N–H and O–H groups in total. The first-order valence-corrected chi connectivity index (χ1v) is 6.58. The highest BCUT2D eigenvalue weighted by Crippen LogP contribution is 2.21. The van der Waals surface area contributed by atoms with Crippen LogP contribution in [0.5, 0.6) is 0 Å². The van der Waals surface area contributed by atoms with E-state index >= 15 is 0 Å². The van der Waals surface area contributed by atoms with Crippen molar-refractivity contribution in [3.05, 3.63) is 53.9 Å². The summed E-state index contributed by atoms with van der Waals surface area (Å²) in [6, 6.07) is 5.85. The van der Waals surface area contributed by atoms with E-state index in [1.165, 1.54) is 0 Å². The van der Waals surface area contributed by atoms with Crippen LogP contribution >= 0.6 is 0 Å². The van der Waals surface area contributed by atoms with Crippen molar-refractivity contribution in [1.82, 2.24) is 14.5 Å². The largest absolute Gasteiger partial charge is 0.312 e. The minimum atomic E-state index is -0.923. The van der Waals surface area contributed by atoms with Crippen molar-refractivity contribution in [3.8, 4) is 0 Å². The highest BCUT2D eigenvalue weighted by atomic mass is 19.2. The van der Waals surface area contributed by atoms with Crippen LogP contribution < -0.4 is 5.43 Å². The normalized spacial score (nSPS) is 11.9. The zero-order valence-corrected chi connectivity index (χ0v) is 12.0. The third-order valence-electron chi connectivity index (χ3n) is 3.34. The average molecular weight is 301 g/mol. The quantitative estimate of drug-likeness (QED) is 0.597. The third kappa shape index (κ3) is 2.52. The van der Waals surface area contributed by atoms with Gasteiger partial charge in [0.05, 0.1) is 16.7 Å². The van der Waals surface area contributed by atoms with Crippen molar-refractivity contribution < 1.29 is 8.78 Å². The van der Waals surface area contributed by atoms with E-state index in [0.717, 1.165) is 23.4 Å². The van der Waals surface area contributed by atoms with Gasteiger partial charge >= 0.3 is 0 Å². The number of pyridine rings is 1. The molecule has 0 atom stereocenters. The monoisotopic (exact) mass is 301 g/mol. The van der Waals surface area contributed by atoms with Crippen LogP contribution in [-0.4, -0.2) is 20.2 Å². The van der Waals surface area contributed by atoms with Gasteiger partial charge in [-0.1, -0.05) is 0 Å². The molecular weight excluding hydrogens is 288 g/mol. The fourth-order valence-electron chi connectivity index (χ4n) is 2.08. The zero-order chi connectivity index (χ0) is 15.7. The molecule has 5 nitrogen and oxygen atoms in total. The van der Waals surface area contributed by atoms with Gasteiger partial charge in [-0.3, -0.25) is 4.98 Å². The second kappa shape index (κ2) is 5.51. The molecule has 0 fully saturated rings. The molecule has 0 amide bonds. The van der Waals surface area contributed by atoms with Crippen molar-refractivity contribution in [2.45, 2.75) is 6.92 Å². The Bertz CT molecular complexity index is 855. The first-order chi connectivity index (χ1) is 10.6.